The molecule has 0 spiro atoms. The molecule has 1 fully saturated rings. The fraction of sp³-hybridized carbons (Fsp3) is 0.565. The standard InChI is InChI=1S/C23H31N5O3/c1-3-19-24-10-13-27(19)11-5-9-25-21(29)20-18-8-12-28(22(30)16-6-4-7-16)15-17(18)14-26(2)23(20)31/h10,13-14,16H,3-9,11-12,15H2,1-2H3,(H,25,29). The van der Waals surface area contributed by atoms with E-state index in [4.69, 9.17) is 0 Å². The smallest absolute Gasteiger partial charge is 0.263 e. The van der Waals surface area contributed by atoms with Gasteiger partial charge in [-0.1, -0.05) is 13.3 Å². The molecule has 2 amide bonds. The molecule has 8 nitrogen and oxygen atoms in total. The van der Waals surface area contributed by atoms with Gasteiger partial charge in [-0.2, -0.15) is 0 Å². The van der Waals surface area contributed by atoms with E-state index in [-0.39, 0.29) is 28.9 Å². The molecule has 0 unspecified atom stereocenters. The molecule has 1 aliphatic heterocycles. The molecule has 0 radical (unpaired) electrons. The average Bonchev–Trinajstić information content (AvgIpc) is 3.18. The van der Waals surface area contributed by atoms with Gasteiger partial charge in [-0.3, -0.25) is 14.4 Å². The minimum Gasteiger partial charge on any atom is -0.352 e. The number of nitrogens with zero attached hydrogens (tertiary/aromatic N) is 4. The molecule has 0 atom stereocenters. The van der Waals surface area contributed by atoms with Crippen LogP contribution in [0.25, 0.3) is 0 Å². The summed E-state index contributed by atoms with van der Waals surface area (Å²) in [5, 5.41) is 2.92. The van der Waals surface area contributed by atoms with Gasteiger partial charge in [0.25, 0.3) is 11.5 Å². The Kier molecular flexibility index (Phi) is 6.25. The van der Waals surface area contributed by atoms with Crippen molar-refractivity contribution in [1.82, 2.24) is 24.3 Å². The third-order valence-electron chi connectivity index (χ3n) is 6.54. The van der Waals surface area contributed by atoms with Crippen LogP contribution in [0.2, 0.25) is 0 Å². The third kappa shape index (κ3) is 4.29. The largest absolute Gasteiger partial charge is 0.352 e. The van der Waals surface area contributed by atoms with Gasteiger partial charge in [-0.25, -0.2) is 4.98 Å². The zero-order valence-corrected chi connectivity index (χ0v) is 18.4. The number of hydrogen-bond donors (Lipinski definition) is 1. The van der Waals surface area contributed by atoms with E-state index in [0.29, 0.717) is 26.1 Å². The first kappa shape index (κ1) is 21.3. The van der Waals surface area contributed by atoms with Gasteiger partial charge in [0.2, 0.25) is 5.91 Å². The van der Waals surface area contributed by atoms with E-state index in [1.54, 1.807) is 19.4 Å². The predicted molar refractivity (Wildman–Crippen MR) is 117 cm³/mol. The number of pyridine rings is 1. The maximum absolute atomic E-state index is 12.9. The van der Waals surface area contributed by atoms with Crippen LogP contribution in [0.1, 0.15) is 59.9 Å². The maximum atomic E-state index is 12.9. The molecule has 166 valence electrons. The molecule has 0 aromatic carbocycles. The van der Waals surface area contributed by atoms with Crippen molar-refractivity contribution in [3.05, 3.63) is 51.5 Å². The number of amides is 2. The van der Waals surface area contributed by atoms with Crippen LogP contribution in [-0.2, 0) is 37.8 Å². The molecule has 4 rings (SSSR count). The van der Waals surface area contributed by atoms with Crippen molar-refractivity contribution in [2.75, 3.05) is 13.1 Å². The van der Waals surface area contributed by atoms with Gasteiger partial charge >= 0.3 is 0 Å². The topological polar surface area (TPSA) is 89.2 Å². The second kappa shape index (κ2) is 9.08. The van der Waals surface area contributed by atoms with E-state index in [1.165, 1.54) is 4.57 Å². The molecule has 31 heavy (non-hydrogen) atoms. The summed E-state index contributed by atoms with van der Waals surface area (Å²) in [6.07, 6.45) is 10.8. The van der Waals surface area contributed by atoms with Crippen LogP contribution in [0, 0.1) is 5.92 Å². The third-order valence-corrected chi connectivity index (χ3v) is 6.54. The maximum Gasteiger partial charge on any atom is 0.263 e. The highest BCUT2D eigenvalue weighted by Crippen LogP contribution is 2.30. The van der Waals surface area contributed by atoms with E-state index < -0.39 is 0 Å². The lowest BCUT2D eigenvalue weighted by Crippen LogP contribution is -2.44. The lowest BCUT2D eigenvalue weighted by atomic mass is 9.83. The fourth-order valence-electron chi connectivity index (χ4n) is 4.52. The number of aryl methyl sites for hydroxylation is 3. The van der Waals surface area contributed by atoms with Crippen molar-refractivity contribution in [3.8, 4) is 0 Å². The molecule has 2 aromatic rings. The first-order valence-electron chi connectivity index (χ1n) is 11.3. The minimum atomic E-state index is -0.322. The van der Waals surface area contributed by atoms with Crippen LogP contribution in [0.4, 0.5) is 0 Å². The van der Waals surface area contributed by atoms with Crippen LogP contribution in [0.3, 0.4) is 0 Å². The highest BCUT2D eigenvalue weighted by molar-refractivity contribution is 5.95. The number of hydrogen-bond acceptors (Lipinski definition) is 4. The van der Waals surface area contributed by atoms with E-state index in [9.17, 15) is 14.4 Å². The predicted octanol–water partition coefficient (Wildman–Crippen LogP) is 1.65. The number of carbonyl (C=O) groups is 2. The van der Waals surface area contributed by atoms with Crippen LogP contribution in [-0.4, -0.2) is 43.9 Å². The summed E-state index contributed by atoms with van der Waals surface area (Å²) in [6, 6.07) is 0. The molecule has 1 N–H and O–H groups in total. The Morgan fingerprint density at radius 1 is 1.29 bits per heavy atom. The average molecular weight is 426 g/mol. The highest BCUT2D eigenvalue weighted by atomic mass is 16.2. The number of nitrogens with one attached hydrogen (secondary N) is 1. The Hall–Kier alpha value is -2.90. The van der Waals surface area contributed by atoms with E-state index >= 15 is 0 Å². The number of aromatic nitrogens is 3. The summed E-state index contributed by atoms with van der Waals surface area (Å²) < 4.78 is 3.55. The SMILES string of the molecule is CCc1nccn1CCCNC(=O)c1c2c(cn(C)c1=O)CN(C(=O)C1CCC1)CC2. The van der Waals surface area contributed by atoms with Crippen molar-refractivity contribution in [3.63, 3.8) is 0 Å². The van der Waals surface area contributed by atoms with Crippen molar-refractivity contribution in [2.45, 2.75) is 58.5 Å². The molecule has 0 saturated heterocycles. The molecule has 8 heteroatoms. The molecule has 1 aliphatic carbocycles. The fourth-order valence-corrected chi connectivity index (χ4v) is 4.52. The van der Waals surface area contributed by atoms with Crippen LogP contribution in [0.15, 0.2) is 23.4 Å². The summed E-state index contributed by atoms with van der Waals surface area (Å²) >= 11 is 0. The summed E-state index contributed by atoms with van der Waals surface area (Å²) in [5.74, 6) is 1.07. The number of carbonyl (C=O) groups excluding carboxylic acids is 2. The second-order valence-electron chi connectivity index (χ2n) is 8.56. The van der Waals surface area contributed by atoms with Gasteiger partial charge in [0.05, 0.1) is 0 Å². The zero-order chi connectivity index (χ0) is 22.0. The molecule has 1 saturated carbocycles. The molecule has 3 heterocycles. The van der Waals surface area contributed by atoms with E-state index in [2.05, 4.69) is 21.8 Å². The van der Waals surface area contributed by atoms with Crippen LogP contribution >= 0.6 is 0 Å². The van der Waals surface area contributed by atoms with Gasteiger partial charge < -0.3 is 19.4 Å². The summed E-state index contributed by atoms with van der Waals surface area (Å²) in [4.78, 5) is 44.5. The lowest BCUT2D eigenvalue weighted by molar-refractivity contribution is -0.139. The lowest BCUT2D eigenvalue weighted by Gasteiger charge is -2.35. The Balaban J connectivity index is 1.43. The normalized spacial score (nSPS) is 16.0. The summed E-state index contributed by atoms with van der Waals surface area (Å²) in [6.45, 7) is 4.36. The number of fused-ring (bicyclic) bond motifs is 1. The first-order chi connectivity index (χ1) is 15.0. The zero-order valence-electron chi connectivity index (χ0n) is 18.4. The van der Waals surface area contributed by atoms with Crippen molar-refractivity contribution in [2.24, 2.45) is 13.0 Å². The van der Waals surface area contributed by atoms with Crippen LogP contribution < -0.4 is 10.9 Å². The van der Waals surface area contributed by atoms with Gasteiger partial charge in [-0.15, -0.1) is 0 Å². The summed E-state index contributed by atoms with van der Waals surface area (Å²) in [5.41, 5.74) is 1.64. The molecule has 2 aliphatic rings. The Labute approximate surface area is 182 Å². The van der Waals surface area contributed by atoms with Gasteiger partial charge in [0, 0.05) is 64.2 Å². The Bertz CT molecular complexity index is 1030. The van der Waals surface area contributed by atoms with Gasteiger partial charge in [-0.05, 0) is 36.8 Å². The van der Waals surface area contributed by atoms with Gasteiger partial charge in [0.15, 0.2) is 0 Å². The van der Waals surface area contributed by atoms with E-state index in [1.807, 2.05) is 11.1 Å². The quantitative estimate of drug-likeness (QED) is 0.683. The summed E-state index contributed by atoms with van der Waals surface area (Å²) in [7, 11) is 1.66. The highest BCUT2D eigenvalue weighted by Gasteiger charge is 2.33. The number of rotatable bonds is 7. The number of imidazole rings is 1. The van der Waals surface area contributed by atoms with Crippen molar-refractivity contribution < 1.29 is 9.59 Å². The van der Waals surface area contributed by atoms with E-state index in [0.717, 1.165) is 55.6 Å². The minimum absolute atomic E-state index is 0.153. The molecule has 2 aromatic heterocycles. The molecular formula is C23H31N5O3. The molecule has 0 bridgehead atoms. The van der Waals surface area contributed by atoms with Crippen LogP contribution in [0.5, 0.6) is 0 Å². The Morgan fingerprint density at radius 2 is 2.10 bits per heavy atom. The van der Waals surface area contributed by atoms with Crippen molar-refractivity contribution >= 4 is 11.8 Å². The van der Waals surface area contributed by atoms with Gasteiger partial charge in [0.1, 0.15) is 11.4 Å². The molecular weight excluding hydrogens is 394 g/mol. The second-order valence-corrected chi connectivity index (χ2v) is 8.56. The monoisotopic (exact) mass is 425 g/mol. The van der Waals surface area contributed by atoms with Crippen molar-refractivity contribution in [1.29, 1.82) is 0 Å². The first-order valence-corrected chi connectivity index (χ1v) is 11.3. The Morgan fingerprint density at radius 3 is 2.81 bits per heavy atom.